The summed E-state index contributed by atoms with van der Waals surface area (Å²) in [6.07, 6.45) is 1.57. The number of benzene rings is 3. The summed E-state index contributed by atoms with van der Waals surface area (Å²) in [5, 5.41) is 0. The van der Waals surface area contributed by atoms with Gasteiger partial charge in [-0.2, -0.15) is 0 Å². The molecule has 0 unspecified atom stereocenters. The number of imide groups is 2. The standard InChI is InChI=1S/C26H22N2O3/c1-17-10-4-7-13-20(17)16-21-24(29)27(22-14-8-5-11-18(22)2)26(31)28(25(21)30)23-15-9-6-12-19(23)3/h4-16H,1-3H3. The Morgan fingerprint density at radius 2 is 1.00 bits per heavy atom. The number of aryl methyl sites for hydroxylation is 3. The SMILES string of the molecule is Cc1ccccc1C=C1C(=O)N(c2ccccc2C)C(=O)N(c2ccccc2C)C1=O. The number of para-hydroxylation sites is 2. The number of carbonyl (C=O) groups excluding carboxylic acids is 3. The maximum atomic E-state index is 13.5. The Hall–Kier alpha value is -3.99. The van der Waals surface area contributed by atoms with Crippen molar-refractivity contribution < 1.29 is 14.4 Å². The molecule has 3 aromatic rings. The largest absolute Gasteiger partial charge is 0.343 e. The van der Waals surface area contributed by atoms with Crippen molar-refractivity contribution in [2.24, 2.45) is 0 Å². The maximum Gasteiger partial charge on any atom is 0.343 e. The molecule has 5 nitrogen and oxygen atoms in total. The predicted octanol–water partition coefficient (Wildman–Crippen LogP) is 5.20. The van der Waals surface area contributed by atoms with Crippen molar-refractivity contribution in [3.63, 3.8) is 0 Å². The summed E-state index contributed by atoms with van der Waals surface area (Å²) in [6, 6.07) is 21.1. The minimum atomic E-state index is -0.680. The van der Waals surface area contributed by atoms with Crippen LogP contribution in [0.25, 0.3) is 6.08 Å². The molecule has 1 aliphatic rings. The molecule has 0 aromatic heterocycles. The van der Waals surface area contributed by atoms with Crippen molar-refractivity contribution in [3.05, 3.63) is 101 Å². The zero-order valence-electron chi connectivity index (χ0n) is 17.6. The van der Waals surface area contributed by atoms with E-state index in [4.69, 9.17) is 0 Å². The molecule has 0 spiro atoms. The quantitative estimate of drug-likeness (QED) is 0.441. The highest BCUT2D eigenvalue weighted by atomic mass is 16.2. The Morgan fingerprint density at radius 3 is 1.45 bits per heavy atom. The van der Waals surface area contributed by atoms with E-state index in [1.54, 1.807) is 30.3 Å². The van der Waals surface area contributed by atoms with Crippen LogP contribution in [0.5, 0.6) is 0 Å². The van der Waals surface area contributed by atoms with E-state index in [0.29, 0.717) is 11.4 Å². The lowest BCUT2D eigenvalue weighted by molar-refractivity contribution is -0.121. The molecule has 0 N–H and O–H groups in total. The van der Waals surface area contributed by atoms with Crippen molar-refractivity contribution in [3.8, 4) is 0 Å². The molecule has 1 heterocycles. The molecule has 154 valence electrons. The van der Waals surface area contributed by atoms with Crippen LogP contribution in [0.2, 0.25) is 0 Å². The van der Waals surface area contributed by atoms with Gasteiger partial charge in [0.15, 0.2) is 0 Å². The summed E-state index contributed by atoms with van der Waals surface area (Å²) in [5.74, 6) is -1.25. The molecular formula is C26H22N2O3. The monoisotopic (exact) mass is 410 g/mol. The maximum absolute atomic E-state index is 13.5. The summed E-state index contributed by atoms with van der Waals surface area (Å²) < 4.78 is 0. The number of nitrogens with zero attached hydrogens (tertiary/aromatic N) is 2. The third-order valence-corrected chi connectivity index (χ3v) is 5.45. The van der Waals surface area contributed by atoms with Crippen LogP contribution in [0.4, 0.5) is 16.2 Å². The lowest BCUT2D eigenvalue weighted by Gasteiger charge is -2.35. The highest BCUT2D eigenvalue weighted by molar-refractivity contribution is 6.46. The molecule has 1 aliphatic heterocycles. The lowest BCUT2D eigenvalue weighted by atomic mass is 10.0. The van der Waals surface area contributed by atoms with Crippen LogP contribution in [0.1, 0.15) is 22.3 Å². The van der Waals surface area contributed by atoms with Gasteiger partial charge in [-0.1, -0.05) is 60.7 Å². The Bertz CT molecular complexity index is 1170. The Morgan fingerprint density at radius 1 is 0.581 bits per heavy atom. The van der Waals surface area contributed by atoms with Crippen molar-refractivity contribution >= 4 is 35.3 Å². The number of rotatable bonds is 3. The fraction of sp³-hybridized carbons (Fsp3) is 0.115. The van der Waals surface area contributed by atoms with Gasteiger partial charge in [-0.25, -0.2) is 14.6 Å². The van der Waals surface area contributed by atoms with Crippen LogP contribution >= 0.6 is 0 Å². The number of urea groups is 1. The second kappa shape index (κ2) is 8.03. The number of hydrogen-bond donors (Lipinski definition) is 0. The molecule has 0 saturated carbocycles. The molecule has 0 bridgehead atoms. The Kier molecular flexibility index (Phi) is 5.26. The van der Waals surface area contributed by atoms with Gasteiger partial charge in [-0.05, 0) is 61.2 Å². The fourth-order valence-corrected chi connectivity index (χ4v) is 3.69. The molecule has 4 amide bonds. The zero-order valence-corrected chi connectivity index (χ0v) is 17.6. The highest BCUT2D eigenvalue weighted by Crippen LogP contribution is 2.32. The van der Waals surface area contributed by atoms with E-state index in [0.717, 1.165) is 32.1 Å². The Labute approximate surface area is 181 Å². The van der Waals surface area contributed by atoms with Gasteiger partial charge in [0.1, 0.15) is 5.57 Å². The van der Waals surface area contributed by atoms with Gasteiger partial charge in [0.2, 0.25) is 0 Å². The summed E-state index contributed by atoms with van der Waals surface area (Å²) >= 11 is 0. The lowest BCUT2D eigenvalue weighted by Crippen LogP contribution is -2.57. The van der Waals surface area contributed by atoms with E-state index in [2.05, 4.69) is 0 Å². The van der Waals surface area contributed by atoms with Gasteiger partial charge in [0, 0.05) is 0 Å². The van der Waals surface area contributed by atoms with Crippen LogP contribution in [-0.4, -0.2) is 17.8 Å². The number of carbonyl (C=O) groups is 3. The minimum Gasteiger partial charge on any atom is -0.268 e. The van der Waals surface area contributed by atoms with E-state index < -0.39 is 17.8 Å². The van der Waals surface area contributed by atoms with Gasteiger partial charge in [0.05, 0.1) is 11.4 Å². The normalized spacial score (nSPS) is 14.3. The van der Waals surface area contributed by atoms with Gasteiger partial charge < -0.3 is 0 Å². The molecule has 5 heteroatoms. The molecule has 0 aliphatic carbocycles. The van der Waals surface area contributed by atoms with Crippen molar-refractivity contribution in [2.75, 3.05) is 9.80 Å². The van der Waals surface area contributed by atoms with E-state index in [9.17, 15) is 14.4 Å². The predicted molar refractivity (Wildman–Crippen MR) is 122 cm³/mol. The first-order valence-corrected chi connectivity index (χ1v) is 10.0. The molecule has 1 saturated heterocycles. The van der Waals surface area contributed by atoms with Crippen LogP contribution in [-0.2, 0) is 9.59 Å². The highest BCUT2D eigenvalue weighted by Gasteiger charge is 2.44. The zero-order chi connectivity index (χ0) is 22.1. The molecular weight excluding hydrogens is 388 g/mol. The molecule has 31 heavy (non-hydrogen) atoms. The Balaban J connectivity index is 1.94. The van der Waals surface area contributed by atoms with Crippen LogP contribution in [0.3, 0.4) is 0 Å². The van der Waals surface area contributed by atoms with Crippen molar-refractivity contribution in [1.29, 1.82) is 0 Å². The van der Waals surface area contributed by atoms with Gasteiger partial charge in [0.25, 0.3) is 11.8 Å². The van der Waals surface area contributed by atoms with E-state index in [1.807, 2.05) is 69.3 Å². The van der Waals surface area contributed by atoms with Gasteiger partial charge >= 0.3 is 6.03 Å². The first-order valence-electron chi connectivity index (χ1n) is 10.0. The van der Waals surface area contributed by atoms with Crippen molar-refractivity contribution in [1.82, 2.24) is 0 Å². The average Bonchev–Trinajstić information content (AvgIpc) is 2.75. The summed E-state index contributed by atoms with van der Waals surface area (Å²) in [6.45, 7) is 5.57. The first kappa shape index (κ1) is 20.3. The number of hydrogen-bond acceptors (Lipinski definition) is 3. The number of barbiturate groups is 1. The molecule has 4 rings (SSSR count). The van der Waals surface area contributed by atoms with E-state index in [1.165, 1.54) is 0 Å². The van der Waals surface area contributed by atoms with Crippen molar-refractivity contribution in [2.45, 2.75) is 20.8 Å². The fourth-order valence-electron chi connectivity index (χ4n) is 3.69. The van der Waals surface area contributed by atoms with Crippen LogP contribution < -0.4 is 9.80 Å². The smallest absolute Gasteiger partial charge is 0.268 e. The number of anilines is 2. The van der Waals surface area contributed by atoms with Crippen LogP contribution in [0, 0.1) is 20.8 Å². The molecule has 0 atom stereocenters. The van der Waals surface area contributed by atoms with Gasteiger partial charge in [-0.3, -0.25) is 9.59 Å². The second-order valence-corrected chi connectivity index (χ2v) is 7.55. The minimum absolute atomic E-state index is 0.0552. The summed E-state index contributed by atoms with van der Waals surface area (Å²) in [4.78, 5) is 42.6. The third-order valence-electron chi connectivity index (χ3n) is 5.45. The summed E-state index contributed by atoms with van der Waals surface area (Å²) in [7, 11) is 0. The molecule has 1 fully saturated rings. The number of amides is 4. The van der Waals surface area contributed by atoms with E-state index in [-0.39, 0.29) is 5.57 Å². The third kappa shape index (κ3) is 3.55. The molecule has 0 radical (unpaired) electrons. The topological polar surface area (TPSA) is 57.7 Å². The van der Waals surface area contributed by atoms with E-state index >= 15 is 0 Å². The van der Waals surface area contributed by atoms with Gasteiger partial charge in [-0.15, -0.1) is 0 Å². The average molecular weight is 410 g/mol. The summed E-state index contributed by atoms with van der Waals surface area (Å²) in [5.41, 5.74) is 4.07. The first-order chi connectivity index (χ1) is 14.9. The molecule has 3 aromatic carbocycles. The van der Waals surface area contributed by atoms with Crippen LogP contribution in [0.15, 0.2) is 78.4 Å². The second-order valence-electron chi connectivity index (χ2n) is 7.55.